The van der Waals surface area contributed by atoms with E-state index in [-0.39, 0.29) is 17.4 Å². The Labute approximate surface area is 133 Å². The number of nitrogens with zero attached hydrogens (tertiary/aromatic N) is 2. The number of hydrogen-bond donors (Lipinski definition) is 3. The van der Waals surface area contributed by atoms with Gasteiger partial charge in [0.25, 0.3) is 5.91 Å². The number of urea groups is 1. The molecule has 23 heavy (non-hydrogen) atoms. The summed E-state index contributed by atoms with van der Waals surface area (Å²) in [7, 11) is 0. The first-order valence-corrected chi connectivity index (χ1v) is 7.64. The van der Waals surface area contributed by atoms with Gasteiger partial charge in [0.2, 0.25) is 0 Å². The summed E-state index contributed by atoms with van der Waals surface area (Å²) < 4.78 is 0. The van der Waals surface area contributed by atoms with Crippen LogP contribution in [0.25, 0.3) is 0 Å². The predicted octanol–water partition coefficient (Wildman–Crippen LogP) is 1.93. The van der Waals surface area contributed by atoms with E-state index in [2.05, 4.69) is 17.3 Å². The Morgan fingerprint density at radius 3 is 2.65 bits per heavy atom. The van der Waals surface area contributed by atoms with Gasteiger partial charge in [-0.2, -0.15) is 5.10 Å². The molecule has 122 valence electrons. The van der Waals surface area contributed by atoms with E-state index in [1.54, 1.807) is 0 Å². The van der Waals surface area contributed by atoms with E-state index in [0.717, 1.165) is 23.9 Å². The van der Waals surface area contributed by atoms with Crippen LogP contribution in [0, 0.1) is 5.92 Å². The number of aromatic hydroxyl groups is 2. The van der Waals surface area contributed by atoms with Crippen molar-refractivity contribution in [2.75, 3.05) is 0 Å². The van der Waals surface area contributed by atoms with Crippen LogP contribution in [0.15, 0.2) is 23.3 Å². The number of rotatable bonds is 2. The molecule has 0 bridgehead atoms. The second-order valence-corrected chi connectivity index (χ2v) is 6.30. The minimum absolute atomic E-state index is 0.0788. The van der Waals surface area contributed by atoms with E-state index < -0.39 is 11.6 Å². The van der Waals surface area contributed by atoms with Crippen LogP contribution in [0.5, 0.6) is 11.5 Å². The predicted molar refractivity (Wildman–Crippen MR) is 83.1 cm³/mol. The lowest BCUT2D eigenvalue weighted by Crippen LogP contribution is -2.49. The van der Waals surface area contributed by atoms with Crippen molar-refractivity contribution in [3.05, 3.63) is 23.8 Å². The molecule has 1 saturated carbocycles. The first-order chi connectivity index (χ1) is 10.9. The number of phenolic OH excluding ortho intramolecular Hbond substituents is 2. The van der Waals surface area contributed by atoms with Crippen LogP contribution >= 0.6 is 0 Å². The summed E-state index contributed by atoms with van der Waals surface area (Å²) in [6.07, 6.45) is 4.26. The van der Waals surface area contributed by atoms with Crippen molar-refractivity contribution < 1.29 is 19.8 Å². The van der Waals surface area contributed by atoms with E-state index in [9.17, 15) is 19.8 Å². The number of imide groups is 1. The lowest BCUT2D eigenvalue weighted by Gasteiger charge is -2.33. The number of hydrogen-bond acceptors (Lipinski definition) is 5. The summed E-state index contributed by atoms with van der Waals surface area (Å²) >= 11 is 0. The number of benzene rings is 1. The van der Waals surface area contributed by atoms with Crippen LogP contribution in [0.2, 0.25) is 0 Å². The Kier molecular flexibility index (Phi) is 3.71. The van der Waals surface area contributed by atoms with Crippen LogP contribution in [0.1, 0.15) is 38.2 Å². The average molecular weight is 317 g/mol. The van der Waals surface area contributed by atoms with E-state index >= 15 is 0 Å². The maximum atomic E-state index is 12.6. The highest BCUT2D eigenvalue weighted by molar-refractivity contribution is 6.07. The topological polar surface area (TPSA) is 102 Å². The van der Waals surface area contributed by atoms with Gasteiger partial charge in [-0.1, -0.05) is 6.92 Å². The number of hydrazone groups is 1. The van der Waals surface area contributed by atoms with Crippen molar-refractivity contribution in [1.82, 2.24) is 10.3 Å². The number of phenols is 2. The fourth-order valence-corrected chi connectivity index (χ4v) is 3.07. The highest BCUT2D eigenvalue weighted by Gasteiger charge is 2.52. The monoisotopic (exact) mass is 317 g/mol. The van der Waals surface area contributed by atoms with Gasteiger partial charge in [0.05, 0.1) is 6.21 Å². The molecule has 1 spiro atoms. The van der Waals surface area contributed by atoms with E-state index in [0.29, 0.717) is 24.3 Å². The molecule has 0 radical (unpaired) electrons. The van der Waals surface area contributed by atoms with E-state index in [1.807, 2.05) is 0 Å². The summed E-state index contributed by atoms with van der Waals surface area (Å²) in [5.74, 6) is -0.0485. The molecule has 1 aliphatic heterocycles. The van der Waals surface area contributed by atoms with Gasteiger partial charge >= 0.3 is 6.03 Å². The number of carbonyl (C=O) groups is 2. The Hall–Kier alpha value is -2.57. The van der Waals surface area contributed by atoms with Crippen molar-refractivity contribution in [2.45, 2.75) is 38.1 Å². The Morgan fingerprint density at radius 1 is 1.30 bits per heavy atom. The molecule has 7 heteroatoms. The molecule has 0 aromatic heterocycles. The third-order valence-electron chi connectivity index (χ3n) is 4.59. The normalized spacial score (nSPS) is 27.9. The van der Waals surface area contributed by atoms with Crippen molar-refractivity contribution in [1.29, 1.82) is 0 Å². The molecule has 2 fully saturated rings. The Balaban J connectivity index is 1.79. The highest BCUT2D eigenvalue weighted by atomic mass is 16.3. The maximum Gasteiger partial charge on any atom is 0.346 e. The van der Waals surface area contributed by atoms with Gasteiger partial charge in [-0.15, -0.1) is 5.01 Å². The fourth-order valence-electron chi connectivity index (χ4n) is 3.07. The largest absolute Gasteiger partial charge is 0.508 e. The summed E-state index contributed by atoms with van der Waals surface area (Å²) in [4.78, 5) is 24.7. The summed E-state index contributed by atoms with van der Waals surface area (Å²) in [5, 5.41) is 26.5. The molecule has 1 saturated heterocycles. The molecule has 3 amide bonds. The highest BCUT2D eigenvalue weighted by Crippen LogP contribution is 2.36. The molecular formula is C16H19N3O4. The maximum absolute atomic E-state index is 12.6. The molecule has 3 N–H and O–H groups in total. The molecule has 1 aliphatic carbocycles. The molecule has 0 unspecified atom stereocenters. The van der Waals surface area contributed by atoms with Gasteiger partial charge < -0.3 is 15.5 Å². The Morgan fingerprint density at radius 2 is 2.00 bits per heavy atom. The second-order valence-electron chi connectivity index (χ2n) is 6.30. The molecule has 2 aliphatic rings. The van der Waals surface area contributed by atoms with Crippen molar-refractivity contribution in [3.63, 3.8) is 0 Å². The van der Waals surface area contributed by atoms with Gasteiger partial charge in [-0.05, 0) is 43.7 Å². The van der Waals surface area contributed by atoms with Crippen LogP contribution in [-0.4, -0.2) is 38.9 Å². The number of carbonyl (C=O) groups excluding carboxylic acids is 2. The lowest BCUT2D eigenvalue weighted by molar-refractivity contribution is -0.132. The van der Waals surface area contributed by atoms with Gasteiger partial charge in [0.15, 0.2) is 0 Å². The molecule has 1 aromatic carbocycles. The minimum Gasteiger partial charge on any atom is -0.508 e. The average Bonchev–Trinajstić information content (AvgIpc) is 2.73. The number of nitrogens with one attached hydrogen (secondary N) is 1. The standard InChI is InChI=1S/C16H19N3O4/c1-10-4-6-16(7-5-10)14(22)19(15(23)18-16)17-9-11-2-3-12(20)8-13(11)21/h2-3,8-10,20-21H,4-7H2,1H3,(H,18,23). The van der Waals surface area contributed by atoms with Gasteiger partial charge in [-0.3, -0.25) is 4.79 Å². The third kappa shape index (κ3) is 2.74. The number of amides is 3. The fraction of sp³-hybridized carbons (Fsp3) is 0.438. The summed E-state index contributed by atoms with van der Waals surface area (Å²) in [6, 6.07) is 3.46. The molecular weight excluding hydrogens is 298 g/mol. The zero-order valence-corrected chi connectivity index (χ0v) is 12.8. The van der Waals surface area contributed by atoms with Crippen LogP contribution in [0.4, 0.5) is 4.79 Å². The lowest BCUT2D eigenvalue weighted by atomic mass is 9.77. The quantitative estimate of drug-likeness (QED) is 0.573. The molecule has 0 atom stereocenters. The zero-order valence-electron chi connectivity index (χ0n) is 12.8. The Bertz CT molecular complexity index is 678. The van der Waals surface area contributed by atoms with Crippen molar-refractivity contribution in [2.24, 2.45) is 11.0 Å². The van der Waals surface area contributed by atoms with E-state index in [1.165, 1.54) is 18.3 Å². The first-order valence-electron chi connectivity index (χ1n) is 7.64. The van der Waals surface area contributed by atoms with Crippen molar-refractivity contribution >= 4 is 18.2 Å². The van der Waals surface area contributed by atoms with Crippen LogP contribution < -0.4 is 5.32 Å². The van der Waals surface area contributed by atoms with Crippen LogP contribution in [0.3, 0.4) is 0 Å². The van der Waals surface area contributed by atoms with Gasteiger partial charge in [-0.25, -0.2) is 4.79 Å². The zero-order chi connectivity index (χ0) is 16.6. The minimum atomic E-state index is -0.835. The van der Waals surface area contributed by atoms with Gasteiger partial charge in [0, 0.05) is 11.6 Å². The third-order valence-corrected chi connectivity index (χ3v) is 4.59. The summed E-state index contributed by atoms with van der Waals surface area (Å²) in [5.41, 5.74) is -0.528. The van der Waals surface area contributed by atoms with Gasteiger partial charge in [0.1, 0.15) is 17.0 Å². The summed E-state index contributed by atoms with van der Waals surface area (Å²) in [6.45, 7) is 2.14. The molecule has 3 rings (SSSR count). The molecule has 1 heterocycles. The van der Waals surface area contributed by atoms with E-state index in [4.69, 9.17) is 0 Å². The first kappa shape index (κ1) is 15.3. The second kappa shape index (κ2) is 5.57. The van der Waals surface area contributed by atoms with Crippen molar-refractivity contribution in [3.8, 4) is 11.5 Å². The SMILES string of the molecule is CC1CCC2(CC1)NC(=O)N(N=Cc1ccc(O)cc1O)C2=O. The van der Waals surface area contributed by atoms with Crippen LogP contribution in [-0.2, 0) is 4.79 Å². The molecule has 1 aromatic rings. The molecule has 7 nitrogen and oxygen atoms in total. The smallest absolute Gasteiger partial charge is 0.346 e.